The zero-order valence-corrected chi connectivity index (χ0v) is 17.6. The second-order valence-corrected chi connectivity index (χ2v) is 6.68. The molecule has 1 amide bonds. The number of rotatable bonds is 8. The number of nitrogens with zero attached hydrogens (tertiary/aromatic N) is 1. The van der Waals surface area contributed by atoms with E-state index in [0.717, 1.165) is 23.5 Å². The maximum atomic E-state index is 12.8. The standard InChI is InChI=1S/C23H30N2O3/c1-7-9-17-14-18(15-21(27-5)22(17)28-6)23(26)24-19-10-12-20(13-11-19)25(8-2)16(3)4/h7,9-16H,8H2,1-6H3,(H,24,26)/b9-7+. The van der Waals surface area contributed by atoms with Crippen LogP contribution in [0.2, 0.25) is 0 Å². The van der Waals surface area contributed by atoms with Crippen molar-refractivity contribution in [3.8, 4) is 11.5 Å². The number of hydrogen-bond donors (Lipinski definition) is 1. The highest BCUT2D eigenvalue weighted by Crippen LogP contribution is 2.34. The van der Waals surface area contributed by atoms with Crippen LogP contribution in [-0.2, 0) is 0 Å². The van der Waals surface area contributed by atoms with Gasteiger partial charge >= 0.3 is 0 Å². The largest absolute Gasteiger partial charge is 0.493 e. The lowest BCUT2D eigenvalue weighted by Gasteiger charge is -2.27. The first-order valence-corrected chi connectivity index (χ1v) is 9.51. The lowest BCUT2D eigenvalue weighted by Crippen LogP contribution is -2.30. The highest BCUT2D eigenvalue weighted by Gasteiger charge is 2.15. The maximum Gasteiger partial charge on any atom is 0.255 e. The third-order valence-electron chi connectivity index (χ3n) is 4.54. The van der Waals surface area contributed by atoms with Crippen molar-refractivity contribution in [3.05, 3.63) is 53.6 Å². The topological polar surface area (TPSA) is 50.8 Å². The number of amides is 1. The number of allylic oxidation sites excluding steroid dienone is 1. The molecule has 0 aliphatic heterocycles. The van der Waals surface area contributed by atoms with Crippen molar-refractivity contribution < 1.29 is 14.3 Å². The molecule has 0 saturated carbocycles. The van der Waals surface area contributed by atoms with Crippen molar-refractivity contribution in [2.24, 2.45) is 0 Å². The van der Waals surface area contributed by atoms with E-state index in [1.807, 2.05) is 43.3 Å². The zero-order valence-electron chi connectivity index (χ0n) is 17.6. The molecule has 0 radical (unpaired) electrons. The average Bonchev–Trinajstić information content (AvgIpc) is 2.69. The summed E-state index contributed by atoms with van der Waals surface area (Å²) in [5, 5.41) is 2.95. The van der Waals surface area contributed by atoms with Crippen molar-refractivity contribution >= 4 is 23.4 Å². The molecule has 0 aromatic heterocycles. The maximum absolute atomic E-state index is 12.8. The fourth-order valence-electron chi connectivity index (χ4n) is 3.21. The number of anilines is 2. The number of methoxy groups -OCH3 is 2. The first kappa shape index (κ1) is 21.4. The first-order chi connectivity index (χ1) is 13.4. The second kappa shape index (κ2) is 9.83. The number of benzene rings is 2. The molecule has 5 heteroatoms. The Labute approximate surface area is 168 Å². The number of carbonyl (C=O) groups is 1. The number of carbonyl (C=O) groups excluding carboxylic acids is 1. The van der Waals surface area contributed by atoms with E-state index < -0.39 is 0 Å². The van der Waals surface area contributed by atoms with E-state index in [4.69, 9.17) is 9.47 Å². The van der Waals surface area contributed by atoms with Gasteiger partial charge in [0.25, 0.3) is 5.91 Å². The quantitative estimate of drug-likeness (QED) is 0.680. The molecule has 0 fully saturated rings. The van der Waals surface area contributed by atoms with Crippen LogP contribution in [0.4, 0.5) is 11.4 Å². The minimum Gasteiger partial charge on any atom is -0.493 e. The Hall–Kier alpha value is -2.95. The van der Waals surface area contributed by atoms with Crippen LogP contribution in [0.5, 0.6) is 11.5 Å². The number of hydrogen-bond acceptors (Lipinski definition) is 4. The van der Waals surface area contributed by atoms with Gasteiger partial charge in [-0.25, -0.2) is 0 Å². The van der Waals surface area contributed by atoms with Crippen LogP contribution < -0.4 is 19.7 Å². The van der Waals surface area contributed by atoms with Gasteiger partial charge in [0.1, 0.15) is 0 Å². The van der Waals surface area contributed by atoms with Gasteiger partial charge in [0.05, 0.1) is 14.2 Å². The van der Waals surface area contributed by atoms with E-state index >= 15 is 0 Å². The molecule has 0 atom stereocenters. The van der Waals surface area contributed by atoms with Crippen LogP contribution in [0.1, 0.15) is 43.6 Å². The van der Waals surface area contributed by atoms with Crippen molar-refractivity contribution in [1.29, 1.82) is 0 Å². The van der Waals surface area contributed by atoms with E-state index in [9.17, 15) is 4.79 Å². The summed E-state index contributed by atoms with van der Waals surface area (Å²) in [5.41, 5.74) is 3.18. The van der Waals surface area contributed by atoms with E-state index in [-0.39, 0.29) is 5.91 Å². The Kier molecular flexibility index (Phi) is 7.50. The van der Waals surface area contributed by atoms with Gasteiger partial charge in [-0.05, 0) is 64.1 Å². The summed E-state index contributed by atoms with van der Waals surface area (Å²) < 4.78 is 10.8. The fraction of sp³-hybridized carbons (Fsp3) is 0.348. The minimum atomic E-state index is -0.198. The lowest BCUT2D eigenvalue weighted by molar-refractivity contribution is 0.102. The average molecular weight is 383 g/mol. The SMILES string of the molecule is C/C=C/c1cc(C(=O)Nc2ccc(N(CC)C(C)C)cc2)cc(OC)c1OC. The van der Waals surface area contributed by atoms with E-state index in [1.54, 1.807) is 26.4 Å². The lowest BCUT2D eigenvalue weighted by atomic mass is 10.1. The normalized spacial score (nSPS) is 11.0. The van der Waals surface area contributed by atoms with Gasteiger partial charge in [-0.1, -0.05) is 12.2 Å². The third kappa shape index (κ3) is 4.85. The highest BCUT2D eigenvalue weighted by atomic mass is 16.5. The van der Waals surface area contributed by atoms with E-state index in [2.05, 4.69) is 31.0 Å². The van der Waals surface area contributed by atoms with Crippen LogP contribution >= 0.6 is 0 Å². The third-order valence-corrected chi connectivity index (χ3v) is 4.54. The van der Waals surface area contributed by atoms with E-state index in [1.165, 1.54) is 0 Å². The Morgan fingerprint density at radius 2 is 1.82 bits per heavy atom. The van der Waals surface area contributed by atoms with Gasteiger partial charge in [-0.2, -0.15) is 0 Å². The summed E-state index contributed by atoms with van der Waals surface area (Å²) in [6, 6.07) is 11.8. The Morgan fingerprint density at radius 3 is 2.32 bits per heavy atom. The van der Waals surface area contributed by atoms with E-state index in [0.29, 0.717) is 23.1 Å². The summed E-state index contributed by atoms with van der Waals surface area (Å²) >= 11 is 0. The van der Waals surface area contributed by atoms with Crippen LogP contribution in [-0.4, -0.2) is 32.7 Å². The molecule has 0 bridgehead atoms. The van der Waals surface area contributed by atoms with Gasteiger partial charge < -0.3 is 19.7 Å². The van der Waals surface area contributed by atoms with Gasteiger partial charge in [-0.3, -0.25) is 4.79 Å². The number of nitrogens with one attached hydrogen (secondary N) is 1. The molecule has 150 valence electrons. The molecule has 2 aromatic carbocycles. The summed E-state index contributed by atoms with van der Waals surface area (Å²) in [5.74, 6) is 0.930. The smallest absolute Gasteiger partial charge is 0.255 e. The zero-order chi connectivity index (χ0) is 20.7. The van der Waals surface area contributed by atoms with Gasteiger partial charge in [0, 0.05) is 35.1 Å². The van der Waals surface area contributed by atoms with Crippen LogP contribution in [0.15, 0.2) is 42.5 Å². The second-order valence-electron chi connectivity index (χ2n) is 6.68. The summed E-state index contributed by atoms with van der Waals surface area (Å²) in [6.45, 7) is 9.31. The van der Waals surface area contributed by atoms with Gasteiger partial charge in [0.15, 0.2) is 11.5 Å². The molecular formula is C23H30N2O3. The van der Waals surface area contributed by atoms with Gasteiger partial charge in [-0.15, -0.1) is 0 Å². The molecule has 2 rings (SSSR count). The summed E-state index contributed by atoms with van der Waals surface area (Å²) in [7, 11) is 3.15. The number of ether oxygens (including phenoxy) is 2. The van der Waals surface area contributed by atoms with Crippen molar-refractivity contribution in [2.45, 2.75) is 33.7 Å². The van der Waals surface area contributed by atoms with Gasteiger partial charge in [0.2, 0.25) is 0 Å². The van der Waals surface area contributed by atoms with Crippen LogP contribution in [0.3, 0.4) is 0 Å². The van der Waals surface area contributed by atoms with Crippen LogP contribution in [0, 0.1) is 0 Å². The minimum absolute atomic E-state index is 0.198. The van der Waals surface area contributed by atoms with Crippen molar-refractivity contribution in [3.63, 3.8) is 0 Å². The molecule has 0 aliphatic rings. The molecule has 0 heterocycles. The molecule has 0 unspecified atom stereocenters. The highest BCUT2D eigenvalue weighted by molar-refractivity contribution is 6.05. The summed E-state index contributed by atoms with van der Waals surface area (Å²) in [6.07, 6.45) is 3.78. The Balaban J connectivity index is 2.26. The molecule has 0 spiro atoms. The molecular weight excluding hydrogens is 352 g/mol. The molecule has 2 aromatic rings. The molecule has 5 nitrogen and oxygen atoms in total. The Bertz CT molecular complexity index is 826. The van der Waals surface area contributed by atoms with Crippen molar-refractivity contribution in [2.75, 3.05) is 31.0 Å². The predicted octanol–water partition coefficient (Wildman–Crippen LogP) is 5.22. The molecule has 0 saturated heterocycles. The summed E-state index contributed by atoms with van der Waals surface area (Å²) in [4.78, 5) is 15.1. The van der Waals surface area contributed by atoms with Crippen LogP contribution in [0.25, 0.3) is 6.08 Å². The molecule has 1 N–H and O–H groups in total. The fourth-order valence-corrected chi connectivity index (χ4v) is 3.21. The monoisotopic (exact) mass is 382 g/mol. The van der Waals surface area contributed by atoms with Crippen molar-refractivity contribution in [1.82, 2.24) is 0 Å². The predicted molar refractivity (Wildman–Crippen MR) is 117 cm³/mol. The first-order valence-electron chi connectivity index (χ1n) is 9.51. The Morgan fingerprint density at radius 1 is 1.14 bits per heavy atom. The molecule has 28 heavy (non-hydrogen) atoms. The molecule has 0 aliphatic carbocycles.